The lowest BCUT2D eigenvalue weighted by molar-refractivity contribution is -0.111. The SMILES string of the molecule is Cn1nccc1/C=C/C(=O)Nc1cn[nH]c1. The third-order valence-corrected chi connectivity index (χ3v) is 2.03. The van der Waals surface area contributed by atoms with E-state index < -0.39 is 0 Å². The highest BCUT2D eigenvalue weighted by atomic mass is 16.1. The van der Waals surface area contributed by atoms with Gasteiger partial charge in [0.2, 0.25) is 5.91 Å². The Bertz CT molecular complexity index is 497. The Morgan fingerprint density at radius 1 is 1.62 bits per heavy atom. The molecule has 0 aromatic carbocycles. The number of anilines is 1. The Balaban J connectivity index is 1.98. The Labute approximate surface area is 92.0 Å². The minimum atomic E-state index is -0.206. The summed E-state index contributed by atoms with van der Waals surface area (Å²) in [5, 5.41) is 13.0. The first-order valence-electron chi connectivity index (χ1n) is 4.71. The van der Waals surface area contributed by atoms with Gasteiger partial charge in [-0.1, -0.05) is 0 Å². The van der Waals surface area contributed by atoms with Gasteiger partial charge in [0.15, 0.2) is 0 Å². The molecule has 0 unspecified atom stereocenters. The van der Waals surface area contributed by atoms with Crippen LogP contribution < -0.4 is 5.32 Å². The van der Waals surface area contributed by atoms with Gasteiger partial charge < -0.3 is 5.32 Å². The summed E-state index contributed by atoms with van der Waals surface area (Å²) in [4.78, 5) is 11.4. The molecule has 16 heavy (non-hydrogen) atoms. The van der Waals surface area contributed by atoms with Gasteiger partial charge in [-0.25, -0.2) is 0 Å². The molecule has 2 aromatic heterocycles. The van der Waals surface area contributed by atoms with Crippen LogP contribution in [0.15, 0.2) is 30.7 Å². The van der Waals surface area contributed by atoms with E-state index in [9.17, 15) is 4.79 Å². The molecule has 82 valence electrons. The van der Waals surface area contributed by atoms with Crippen molar-refractivity contribution in [3.63, 3.8) is 0 Å². The molecular weight excluding hydrogens is 206 g/mol. The van der Waals surface area contributed by atoms with Gasteiger partial charge in [0.1, 0.15) is 0 Å². The third kappa shape index (κ3) is 2.35. The summed E-state index contributed by atoms with van der Waals surface area (Å²) in [6, 6.07) is 1.82. The topological polar surface area (TPSA) is 75.6 Å². The van der Waals surface area contributed by atoms with E-state index in [1.54, 1.807) is 23.2 Å². The fourth-order valence-electron chi connectivity index (χ4n) is 1.21. The molecule has 1 amide bonds. The lowest BCUT2D eigenvalue weighted by atomic mass is 10.3. The van der Waals surface area contributed by atoms with E-state index in [2.05, 4.69) is 20.6 Å². The highest BCUT2D eigenvalue weighted by Crippen LogP contribution is 2.03. The Morgan fingerprint density at radius 3 is 3.12 bits per heavy atom. The predicted molar refractivity (Wildman–Crippen MR) is 59.5 cm³/mol. The number of rotatable bonds is 3. The van der Waals surface area contributed by atoms with Crippen LogP contribution in [0.25, 0.3) is 6.08 Å². The van der Waals surface area contributed by atoms with Crippen LogP contribution in [0, 0.1) is 0 Å². The summed E-state index contributed by atoms with van der Waals surface area (Å²) in [5.74, 6) is -0.206. The zero-order valence-corrected chi connectivity index (χ0v) is 8.71. The van der Waals surface area contributed by atoms with Crippen LogP contribution in [0.4, 0.5) is 5.69 Å². The molecule has 2 heterocycles. The number of nitrogens with one attached hydrogen (secondary N) is 2. The molecule has 0 saturated carbocycles. The van der Waals surface area contributed by atoms with Crippen molar-refractivity contribution >= 4 is 17.7 Å². The maximum Gasteiger partial charge on any atom is 0.248 e. The van der Waals surface area contributed by atoms with Crippen molar-refractivity contribution in [2.45, 2.75) is 0 Å². The Morgan fingerprint density at radius 2 is 2.50 bits per heavy atom. The normalized spacial score (nSPS) is 10.8. The summed E-state index contributed by atoms with van der Waals surface area (Å²) in [6.45, 7) is 0. The number of aromatic amines is 1. The van der Waals surface area contributed by atoms with Gasteiger partial charge in [0.25, 0.3) is 0 Å². The summed E-state index contributed by atoms with van der Waals surface area (Å²) < 4.78 is 1.68. The second-order valence-corrected chi connectivity index (χ2v) is 3.19. The molecule has 2 N–H and O–H groups in total. The molecule has 0 saturated heterocycles. The summed E-state index contributed by atoms with van der Waals surface area (Å²) in [5.41, 5.74) is 1.50. The first-order chi connectivity index (χ1) is 7.75. The number of hydrogen-bond acceptors (Lipinski definition) is 3. The highest BCUT2D eigenvalue weighted by Gasteiger charge is 1.98. The van der Waals surface area contributed by atoms with Crippen molar-refractivity contribution < 1.29 is 4.79 Å². The zero-order valence-electron chi connectivity index (χ0n) is 8.71. The minimum absolute atomic E-state index is 0.206. The molecule has 2 aromatic rings. The lowest BCUT2D eigenvalue weighted by Crippen LogP contribution is -2.07. The molecule has 0 atom stereocenters. The summed E-state index contributed by atoms with van der Waals surface area (Å²) >= 11 is 0. The van der Waals surface area contributed by atoms with Crippen LogP contribution in [0.1, 0.15) is 5.69 Å². The molecule has 2 rings (SSSR count). The van der Waals surface area contributed by atoms with Crippen LogP contribution in [0.3, 0.4) is 0 Å². The van der Waals surface area contributed by atoms with Gasteiger partial charge in [-0.15, -0.1) is 0 Å². The molecule has 6 heteroatoms. The monoisotopic (exact) mass is 217 g/mol. The zero-order chi connectivity index (χ0) is 11.4. The maximum atomic E-state index is 11.4. The molecule has 0 aliphatic rings. The summed E-state index contributed by atoms with van der Waals surface area (Å²) in [6.07, 6.45) is 7.96. The number of aromatic nitrogens is 4. The van der Waals surface area contributed by atoms with E-state index in [-0.39, 0.29) is 5.91 Å². The fourth-order valence-corrected chi connectivity index (χ4v) is 1.21. The number of H-pyrrole nitrogens is 1. The Hall–Kier alpha value is -2.37. The second kappa shape index (κ2) is 4.43. The number of nitrogens with zero attached hydrogens (tertiary/aromatic N) is 3. The average Bonchev–Trinajstić information content (AvgIpc) is 2.87. The molecule has 0 radical (unpaired) electrons. The Kier molecular flexibility index (Phi) is 2.81. The largest absolute Gasteiger partial charge is 0.320 e. The van der Waals surface area contributed by atoms with E-state index >= 15 is 0 Å². The van der Waals surface area contributed by atoms with Crippen molar-refractivity contribution in [3.8, 4) is 0 Å². The molecular formula is C10H11N5O. The molecule has 0 aliphatic carbocycles. The van der Waals surface area contributed by atoms with E-state index in [1.807, 2.05) is 13.1 Å². The highest BCUT2D eigenvalue weighted by molar-refractivity contribution is 6.01. The van der Waals surface area contributed by atoms with E-state index in [4.69, 9.17) is 0 Å². The van der Waals surface area contributed by atoms with Crippen molar-refractivity contribution in [1.82, 2.24) is 20.0 Å². The van der Waals surface area contributed by atoms with E-state index in [0.717, 1.165) is 5.69 Å². The number of aryl methyl sites for hydroxylation is 1. The number of hydrogen-bond donors (Lipinski definition) is 2. The van der Waals surface area contributed by atoms with Crippen molar-refractivity contribution in [1.29, 1.82) is 0 Å². The summed E-state index contributed by atoms with van der Waals surface area (Å²) in [7, 11) is 1.81. The standard InChI is InChI=1S/C10H11N5O/c1-15-9(4-5-13-15)2-3-10(16)14-8-6-11-12-7-8/h2-7H,1H3,(H,11,12)(H,14,16)/b3-2+. The van der Waals surface area contributed by atoms with E-state index in [1.165, 1.54) is 12.3 Å². The van der Waals surface area contributed by atoms with E-state index in [0.29, 0.717) is 5.69 Å². The van der Waals surface area contributed by atoms with Gasteiger partial charge in [-0.3, -0.25) is 14.6 Å². The number of amides is 1. The van der Waals surface area contributed by atoms with Crippen molar-refractivity contribution in [2.75, 3.05) is 5.32 Å². The van der Waals surface area contributed by atoms with Gasteiger partial charge >= 0.3 is 0 Å². The molecule has 6 nitrogen and oxygen atoms in total. The van der Waals surface area contributed by atoms with Crippen LogP contribution in [-0.2, 0) is 11.8 Å². The number of carbonyl (C=O) groups is 1. The fraction of sp³-hybridized carbons (Fsp3) is 0.100. The molecule has 0 aliphatic heterocycles. The molecule has 0 bridgehead atoms. The van der Waals surface area contributed by atoms with Crippen LogP contribution in [-0.4, -0.2) is 25.9 Å². The van der Waals surface area contributed by atoms with Gasteiger partial charge in [-0.2, -0.15) is 10.2 Å². The first-order valence-corrected chi connectivity index (χ1v) is 4.71. The smallest absolute Gasteiger partial charge is 0.248 e. The second-order valence-electron chi connectivity index (χ2n) is 3.19. The third-order valence-electron chi connectivity index (χ3n) is 2.03. The van der Waals surface area contributed by atoms with Crippen molar-refractivity contribution in [3.05, 3.63) is 36.4 Å². The number of carbonyl (C=O) groups excluding carboxylic acids is 1. The van der Waals surface area contributed by atoms with Gasteiger partial charge in [0, 0.05) is 25.5 Å². The van der Waals surface area contributed by atoms with Crippen molar-refractivity contribution in [2.24, 2.45) is 7.05 Å². The predicted octanol–water partition coefficient (Wildman–Crippen LogP) is 0.795. The lowest BCUT2D eigenvalue weighted by Gasteiger charge is -1.96. The molecule has 0 fully saturated rings. The van der Waals surface area contributed by atoms with Crippen LogP contribution >= 0.6 is 0 Å². The van der Waals surface area contributed by atoms with Crippen LogP contribution in [0.5, 0.6) is 0 Å². The maximum absolute atomic E-state index is 11.4. The quantitative estimate of drug-likeness (QED) is 0.746. The van der Waals surface area contributed by atoms with Crippen LogP contribution in [0.2, 0.25) is 0 Å². The first kappa shape index (κ1) is 10.2. The average molecular weight is 217 g/mol. The molecule has 0 spiro atoms. The van der Waals surface area contributed by atoms with Gasteiger partial charge in [0.05, 0.1) is 17.6 Å². The minimum Gasteiger partial charge on any atom is -0.320 e. The van der Waals surface area contributed by atoms with Gasteiger partial charge in [-0.05, 0) is 12.1 Å².